The molecule has 3 aliphatic heterocycles. The van der Waals surface area contributed by atoms with Gasteiger partial charge in [0.05, 0.1) is 31.2 Å². The Morgan fingerprint density at radius 1 is 1.26 bits per heavy atom. The van der Waals surface area contributed by atoms with Gasteiger partial charge in [-0.15, -0.1) is 11.6 Å². The predicted molar refractivity (Wildman–Crippen MR) is 126 cm³/mol. The van der Waals surface area contributed by atoms with Gasteiger partial charge in [0.25, 0.3) is 5.89 Å². The van der Waals surface area contributed by atoms with E-state index < -0.39 is 21.8 Å². The fraction of sp³-hybridized carbons (Fsp3) is 0.545. The summed E-state index contributed by atoms with van der Waals surface area (Å²) in [5.41, 5.74) is 0.309. The Labute approximate surface area is 207 Å². The molecule has 35 heavy (non-hydrogen) atoms. The summed E-state index contributed by atoms with van der Waals surface area (Å²) in [5, 5.41) is 3.76. The van der Waals surface area contributed by atoms with Gasteiger partial charge in [0.15, 0.2) is 9.84 Å². The Bertz CT molecular complexity index is 1250. The third kappa shape index (κ3) is 5.11. The van der Waals surface area contributed by atoms with E-state index in [-0.39, 0.29) is 39.9 Å². The lowest BCUT2D eigenvalue weighted by Gasteiger charge is -2.47. The molecule has 0 amide bonds. The summed E-state index contributed by atoms with van der Waals surface area (Å²) in [5.74, 6) is 0.449. The molecule has 10 nitrogen and oxygen atoms in total. The van der Waals surface area contributed by atoms with Crippen molar-refractivity contribution in [2.75, 3.05) is 39.1 Å². The maximum absolute atomic E-state index is 14.3. The number of ether oxygens (including phenoxy) is 2. The van der Waals surface area contributed by atoms with Crippen LogP contribution >= 0.6 is 11.6 Å². The number of hydrogen-bond donors (Lipinski definition) is 0. The Hall–Kier alpha value is -2.41. The monoisotopic (exact) mass is 525 g/mol. The minimum Gasteiger partial charge on any atom is -0.381 e. The highest BCUT2D eigenvalue weighted by molar-refractivity contribution is 7.90. The number of likely N-dealkylation sites (tertiary alicyclic amines) is 1. The molecule has 4 atom stereocenters. The number of sulfone groups is 1. The lowest BCUT2D eigenvalue weighted by Crippen LogP contribution is -2.57. The van der Waals surface area contributed by atoms with E-state index in [1.165, 1.54) is 12.1 Å². The maximum atomic E-state index is 14.3. The quantitative estimate of drug-likeness (QED) is 0.546. The number of alkyl halides is 1. The molecule has 0 saturated carbocycles. The molecule has 0 spiro atoms. The third-order valence-electron chi connectivity index (χ3n) is 6.28. The van der Waals surface area contributed by atoms with Gasteiger partial charge >= 0.3 is 0 Å². The average Bonchev–Trinajstić information content (AvgIpc) is 3.29. The van der Waals surface area contributed by atoms with Crippen LogP contribution in [0.3, 0.4) is 0 Å². The summed E-state index contributed by atoms with van der Waals surface area (Å²) in [6.45, 7) is 4.83. The van der Waals surface area contributed by atoms with Gasteiger partial charge in [0.2, 0.25) is 11.8 Å². The van der Waals surface area contributed by atoms with Gasteiger partial charge in [-0.3, -0.25) is 0 Å². The number of halogens is 2. The van der Waals surface area contributed by atoms with E-state index >= 15 is 0 Å². The van der Waals surface area contributed by atoms with Crippen molar-refractivity contribution in [3.8, 4) is 11.4 Å². The van der Waals surface area contributed by atoms with E-state index in [2.05, 4.69) is 25.0 Å². The molecule has 1 aromatic carbocycles. The number of rotatable bonds is 5. The topological polar surface area (TPSA) is 119 Å². The molecule has 2 fully saturated rings. The first-order valence-corrected chi connectivity index (χ1v) is 13.6. The molecular formula is C22H25ClFN5O5S. The van der Waals surface area contributed by atoms with Gasteiger partial charge in [0.1, 0.15) is 16.8 Å². The molecule has 3 aliphatic rings. The highest BCUT2D eigenvalue weighted by Crippen LogP contribution is 2.34. The Morgan fingerprint density at radius 2 is 2.00 bits per heavy atom. The number of aliphatic imine (C=N–C) groups is 2. The SMILES string of the molecule is C[C@@H](OC1C2COCC1CN(C1=NCC(Cl)C=N1)C2)c1nc(-c2ccc(S(C)(=O)=O)c(F)c2)no1. The normalized spacial score (nSPS) is 27.5. The van der Waals surface area contributed by atoms with Crippen LogP contribution in [0.2, 0.25) is 0 Å². The van der Waals surface area contributed by atoms with E-state index in [9.17, 15) is 12.8 Å². The average molecular weight is 526 g/mol. The van der Waals surface area contributed by atoms with Crippen LogP contribution < -0.4 is 0 Å². The van der Waals surface area contributed by atoms with E-state index in [4.69, 9.17) is 25.6 Å². The fourth-order valence-electron chi connectivity index (χ4n) is 4.62. The van der Waals surface area contributed by atoms with Gasteiger partial charge in [-0.25, -0.2) is 22.8 Å². The molecule has 0 aliphatic carbocycles. The van der Waals surface area contributed by atoms with E-state index in [1.54, 1.807) is 6.21 Å². The predicted octanol–water partition coefficient (Wildman–Crippen LogP) is 2.35. The molecule has 2 saturated heterocycles. The van der Waals surface area contributed by atoms with E-state index in [1.807, 2.05) is 6.92 Å². The molecule has 188 valence electrons. The van der Waals surface area contributed by atoms with Crippen molar-refractivity contribution in [2.45, 2.75) is 29.4 Å². The Morgan fingerprint density at radius 3 is 2.63 bits per heavy atom. The van der Waals surface area contributed by atoms with Crippen LogP contribution in [0.5, 0.6) is 0 Å². The summed E-state index contributed by atoms with van der Waals surface area (Å²) >= 11 is 6.05. The third-order valence-corrected chi connectivity index (χ3v) is 7.67. The standard InChI is InChI=1S/C22H25ClFN5O5S/c1-12(21-27-20(28-34-21)13-3-4-18(17(24)5-13)35(2,30)31)33-19-14-8-29(9-15(19)11-32-10-14)22-25-6-16(23)7-26-22/h3-6,12,14-16,19H,7-11H2,1-2H3/t12-,14?,15?,16?,19?/m1/s1. The lowest BCUT2D eigenvalue weighted by molar-refractivity contribution is -0.163. The second-order valence-electron chi connectivity index (χ2n) is 9.01. The van der Waals surface area contributed by atoms with Crippen molar-refractivity contribution >= 4 is 33.6 Å². The molecule has 2 aromatic rings. The number of fused-ring (bicyclic) bond motifs is 2. The Kier molecular flexibility index (Phi) is 6.64. The second kappa shape index (κ2) is 9.57. The van der Waals surface area contributed by atoms with Gasteiger partial charge in [-0.2, -0.15) is 4.98 Å². The van der Waals surface area contributed by atoms with Crippen molar-refractivity contribution in [1.82, 2.24) is 15.0 Å². The molecule has 1 aromatic heterocycles. The summed E-state index contributed by atoms with van der Waals surface area (Å²) in [6, 6.07) is 3.72. The lowest BCUT2D eigenvalue weighted by atomic mass is 9.84. The van der Waals surface area contributed by atoms with Crippen molar-refractivity contribution in [3.05, 3.63) is 29.9 Å². The van der Waals surface area contributed by atoms with Gasteiger partial charge < -0.3 is 18.9 Å². The fourth-order valence-corrected chi connectivity index (χ4v) is 5.48. The van der Waals surface area contributed by atoms with Crippen molar-refractivity contribution < 1.29 is 26.8 Å². The maximum Gasteiger partial charge on any atom is 0.255 e. The molecule has 3 unspecified atom stereocenters. The smallest absolute Gasteiger partial charge is 0.255 e. The van der Waals surface area contributed by atoms with Gasteiger partial charge in [0, 0.05) is 43.0 Å². The molecule has 0 radical (unpaired) electrons. The molecular weight excluding hydrogens is 501 g/mol. The minimum atomic E-state index is -3.67. The zero-order valence-electron chi connectivity index (χ0n) is 19.2. The summed E-state index contributed by atoms with van der Waals surface area (Å²) in [7, 11) is -3.67. The number of guanidine groups is 1. The molecule has 5 rings (SSSR count). The number of aromatic nitrogens is 2. The minimum absolute atomic E-state index is 0.0780. The van der Waals surface area contributed by atoms with Gasteiger partial charge in [-0.1, -0.05) is 5.16 Å². The van der Waals surface area contributed by atoms with E-state index in [0.717, 1.165) is 12.3 Å². The van der Waals surface area contributed by atoms with Crippen LogP contribution in [0.25, 0.3) is 11.4 Å². The zero-order chi connectivity index (χ0) is 24.7. The summed E-state index contributed by atoms with van der Waals surface area (Å²) in [6.07, 6.45) is 2.09. The van der Waals surface area contributed by atoms with Crippen LogP contribution in [-0.2, 0) is 19.3 Å². The Balaban J connectivity index is 1.27. The van der Waals surface area contributed by atoms with Gasteiger partial charge in [-0.05, 0) is 25.1 Å². The van der Waals surface area contributed by atoms with Crippen LogP contribution in [0, 0.1) is 17.7 Å². The first-order chi connectivity index (χ1) is 16.7. The highest BCUT2D eigenvalue weighted by Gasteiger charge is 2.43. The molecule has 13 heteroatoms. The summed E-state index contributed by atoms with van der Waals surface area (Å²) in [4.78, 5) is 15.0. The zero-order valence-corrected chi connectivity index (χ0v) is 20.7. The van der Waals surface area contributed by atoms with Crippen molar-refractivity contribution in [1.29, 1.82) is 0 Å². The van der Waals surface area contributed by atoms with Crippen LogP contribution in [-0.4, -0.2) is 86.2 Å². The number of hydrogen-bond acceptors (Lipinski definition) is 10. The number of benzene rings is 1. The van der Waals surface area contributed by atoms with Crippen molar-refractivity contribution in [2.24, 2.45) is 21.8 Å². The number of piperidine rings is 1. The summed E-state index contributed by atoms with van der Waals surface area (Å²) < 4.78 is 55.1. The largest absolute Gasteiger partial charge is 0.381 e. The number of nitrogens with zero attached hydrogens (tertiary/aromatic N) is 5. The molecule has 0 N–H and O–H groups in total. The first-order valence-electron chi connectivity index (χ1n) is 11.2. The van der Waals surface area contributed by atoms with Crippen LogP contribution in [0.4, 0.5) is 4.39 Å². The molecule has 4 heterocycles. The second-order valence-corrected chi connectivity index (χ2v) is 11.6. The highest BCUT2D eigenvalue weighted by atomic mass is 35.5. The molecule has 2 bridgehead atoms. The van der Waals surface area contributed by atoms with E-state index in [0.29, 0.717) is 44.4 Å². The first kappa shape index (κ1) is 24.3. The van der Waals surface area contributed by atoms with Crippen LogP contribution in [0.1, 0.15) is 18.9 Å². The van der Waals surface area contributed by atoms with Crippen molar-refractivity contribution in [3.63, 3.8) is 0 Å². The van der Waals surface area contributed by atoms with Crippen LogP contribution in [0.15, 0.2) is 37.6 Å².